The fraction of sp³-hybridized carbons (Fsp3) is 0.222. The molecule has 1 fully saturated rings. The lowest BCUT2D eigenvalue weighted by molar-refractivity contribution is -0.137. The van der Waals surface area contributed by atoms with Crippen LogP contribution in [-0.4, -0.2) is 24.4 Å². The second kappa shape index (κ2) is 6.78. The van der Waals surface area contributed by atoms with Gasteiger partial charge in [-0.15, -0.1) is 0 Å². The highest BCUT2D eigenvalue weighted by molar-refractivity contribution is 6.04. The molecule has 1 saturated heterocycles. The van der Waals surface area contributed by atoms with Crippen LogP contribution in [0.3, 0.4) is 0 Å². The molecule has 0 aliphatic carbocycles. The van der Waals surface area contributed by atoms with Gasteiger partial charge in [0.15, 0.2) is 0 Å². The van der Waals surface area contributed by atoms with E-state index in [4.69, 9.17) is 0 Å². The number of nitrogens with zero attached hydrogens (tertiary/aromatic N) is 1. The molecule has 0 unspecified atom stereocenters. The van der Waals surface area contributed by atoms with Crippen molar-refractivity contribution in [2.75, 3.05) is 11.4 Å². The van der Waals surface area contributed by atoms with Gasteiger partial charge in [-0.2, -0.15) is 13.2 Å². The molecule has 2 aromatic rings. The van der Waals surface area contributed by atoms with Crippen LogP contribution >= 0.6 is 0 Å². The van der Waals surface area contributed by atoms with E-state index in [1.54, 1.807) is 0 Å². The second-order valence-electron chi connectivity index (χ2n) is 5.82. The van der Waals surface area contributed by atoms with Gasteiger partial charge in [-0.1, -0.05) is 12.1 Å². The number of carbonyl (C=O) groups is 2. The van der Waals surface area contributed by atoms with E-state index in [0.29, 0.717) is 5.69 Å². The van der Waals surface area contributed by atoms with Crippen LogP contribution in [0.1, 0.15) is 22.3 Å². The minimum Gasteiger partial charge on any atom is -0.340 e. The lowest BCUT2D eigenvalue weighted by atomic mass is 10.1. The van der Waals surface area contributed by atoms with Crippen molar-refractivity contribution < 1.29 is 27.2 Å². The van der Waals surface area contributed by atoms with Gasteiger partial charge in [0.1, 0.15) is 11.9 Å². The summed E-state index contributed by atoms with van der Waals surface area (Å²) >= 11 is 0. The van der Waals surface area contributed by atoms with E-state index < -0.39 is 41.0 Å². The maximum Gasteiger partial charge on any atom is 0.417 e. The number of halogens is 4. The maximum atomic E-state index is 13.0. The van der Waals surface area contributed by atoms with E-state index >= 15 is 0 Å². The second-order valence-corrected chi connectivity index (χ2v) is 5.82. The number of benzene rings is 2. The standard InChI is InChI=1S/C18H14F4N2O2/c19-11-5-7-12(8-6-11)24-10-9-15(17(24)26)23-16(25)13-3-1-2-4-14(13)18(20,21)22/h1-8,15H,9-10H2,(H,23,25)/t15-/m1/s1. The zero-order valence-corrected chi connectivity index (χ0v) is 13.4. The molecule has 0 aromatic heterocycles. The lowest BCUT2D eigenvalue weighted by Gasteiger charge is -2.18. The number of alkyl halides is 3. The summed E-state index contributed by atoms with van der Waals surface area (Å²) in [5.41, 5.74) is -1.13. The number of hydrogen-bond acceptors (Lipinski definition) is 2. The summed E-state index contributed by atoms with van der Waals surface area (Å²) < 4.78 is 52.1. The molecule has 4 nitrogen and oxygen atoms in total. The minimum atomic E-state index is -4.67. The predicted molar refractivity (Wildman–Crippen MR) is 86.1 cm³/mol. The van der Waals surface area contributed by atoms with Gasteiger partial charge < -0.3 is 10.2 Å². The number of hydrogen-bond donors (Lipinski definition) is 1. The molecule has 26 heavy (non-hydrogen) atoms. The summed E-state index contributed by atoms with van der Waals surface area (Å²) in [6.45, 7) is 0.274. The molecule has 0 radical (unpaired) electrons. The molecule has 136 valence electrons. The van der Waals surface area contributed by atoms with Crippen LogP contribution in [0.5, 0.6) is 0 Å². The van der Waals surface area contributed by atoms with E-state index in [1.165, 1.54) is 41.3 Å². The molecular weight excluding hydrogens is 352 g/mol. The zero-order chi connectivity index (χ0) is 18.9. The molecule has 1 heterocycles. The van der Waals surface area contributed by atoms with Crippen molar-refractivity contribution in [1.29, 1.82) is 0 Å². The Labute approximate surface area is 146 Å². The van der Waals surface area contributed by atoms with Crippen molar-refractivity contribution in [3.05, 3.63) is 65.5 Å². The highest BCUT2D eigenvalue weighted by Crippen LogP contribution is 2.32. The van der Waals surface area contributed by atoms with E-state index in [-0.39, 0.29) is 13.0 Å². The number of carbonyl (C=O) groups excluding carboxylic acids is 2. The fourth-order valence-electron chi connectivity index (χ4n) is 2.86. The topological polar surface area (TPSA) is 49.4 Å². The van der Waals surface area contributed by atoms with Crippen LogP contribution in [0.4, 0.5) is 23.2 Å². The zero-order valence-electron chi connectivity index (χ0n) is 13.4. The van der Waals surface area contributed by atoms with E-state index in [1.807, 2.05) is 0 Å². The third kappa shape index (κ3) is 3.54. The normalized spacial score (nSPS) is 17.5. The largest absolute Gasteiger partial charge is 0.417 e. The Morgan fingerprint density at radius 1 is 1.08 bits per heavy atom. The molecule has 0 bridgehead atoms. The first-order chi connectivity index (χ1) is 12.3. The first kappa shape index (κ1) is 17.9. The molecule has 1 aliphatic rings. The smallest absolute Gasteiger partial charge is 0.340 e. The van der Waals surface area contributed by atoms with Crippen molar-refractivity contribution in [2.24, 2.45) is 0 Å². The van der Waals surface area contributed by atoms with Crippen molar-refractivity contribution in [1.82, 2.24) is 5.32 Å². The average molecular weight is 366 g/mol. The highest BCUT2D eigenvalue weighted by Gasteiger charge is 2.37. The molecule has 3 rings (SSSR count). The Balaban J connectivity index is 1.75. The van der Waals surface area contributed by atoms with Crippen molar-refractivity contribution in [2.45, 2.75) is 18.6 Å². The number of anilines is 1. The lowest BCUT2D eigenvalue weighted by Crippen LogP contribution is -2.42. The fourth-order valence-corrected chi connectivity index (χ4v) is 2.86. The van der Waals surface area contributed by atoms with Gasteiger partial charge in [-0.3, -0.25) is 9.59 Å². The Morgan fingerprint density at radius 3 is 2.38 bits per heavy atom. The van der Waals surface area contributed by atoms with E-state index in [9.17, 15) is 27.2 Å². The number of nitrogens with one attached hydrogen (secondary N) is 1. The first-order valence-electron chi connectivity index (χ1n) is 7.81. The van der Waals surface area contributed by atoms with Crippen molar-refractivity contribution >= 4 is 17.5 Å². The Morgan fingerprint density at radius 2 is 1.73 bits per heavy atom. The van der Waals surface area contributed by atoms with Crippen LogP contribution in [0.2, 0.25) is 0 Å². The van der Waals surface area contributed by atoms with Crippen molar-refractivity contribution in [3.8, 4) is 0 Å². The molecule has 2 amide bonds. The van der Waals surface area contributed by atoms with Crippen LogP contribution in [0.15, 0.2) is 48.5 Å². The number of rotatable bonds is 3. The maximum absolute atomic E-state index is 13.0. The van der Waals surface area contributed by atoms with Crippen LogP contribution in [0.25, 0.3) is 0 Å². The van der Waals surface area contributed by atoms with Crippen molar-refractivity contribution in [3.63, 3.8) is 0 Å². The van der Waals surface area contributed by atoms with Crippen LogP contribution < -0.4 is 10.2 Å². The average Bonchev–Trinajstić information content (AvgIpc) is 2.95. The summed E-state index contributed by atoms with van der Waals surface area (Å²) in [6, 6.07) is 8.72. The molecule has 8 heteroatoms. The van der Waals surface area contributed by atoms with Gasteiger partial charge >= 0.3 is 6.18 Å². The van der Waals surface area contributed by atoms with E-state index in [2.05, 4.69) is 5.32 Å². The first-order valence-corrected chi connectivity index (χ1v) is 7.81. The summed E-state index contributed by atoms with van der Waals surface area (Å²) in [5.74, 6) is -1.86. The van der Waals surface area contributed by atoms with Crippen LogP contribution in [-0.2, 0) is 11.0 Å². The summed E-state index contributed by atoms with van der Waals surface area (Å²) in [6.07, 6.45) is -4.43. The van der Waals surface area contributed by atoms with E-state index in [0.717, 1.165) is 12.1 Å². The van der Waals surface area contributed by atoms with Gasteiger partial charge in [0.05, 0.1) is 11.1 Å². The molecule has 1 atom stereocenters. The quantitative estimate of drug-likeness (QED) is 0.847. The molecule has 1 N–H and O–H groups in total. The predicted octanol–water partition coefficient (Wildman–Crippen LogP) is 3.38. The van der Waals surface area contributed by atoms with Gasteiger partial charge in [-0.25, -0.2) is 4.39 Å². The van der Waals surface area contributed by atoms with Crippen LogP contribution in [0, 0.1) is 5.82 Å². The van der Waals surface area contributed by atoms with Gasteiger partial charge in [0.2, 0.25) is 5.91 Å². The summed E-state index contributed by atoms with van der Waals surface area (Å²) in [7, 11) is 0. The highest BCUT2D eigenvalue weighted by atomic mass is 19.4. The van der Waals surface area contributed by atoms with Gasteiger partial charge in [0.25, 0.3) is 5.91 Å². The number of amides is 2. The molecule has 0 spiro atoms. The molecular formula is C18H14F4N2O2. The third-order valence-electron chi connectivity index (χ3n) is 4.13. The summed E-state index contributed by atoms with van der Waals surface area (Å²) in [5, 5.41) is 2.36. The molecule has 1 aliphatic heterocycles. The van der Waals surface area contributed by atoms with Gasteiger partial charge in [-0.05, 0) is 42.8 Å². The molecule has 0 saturated carbocycles. The summed E-state index contributed by atoms with van der Waals surface area (Å²) in [4.78, 5) is 26.1. The minimum absolute atomic E-state index is 0.246. The van der Waals surface area contributed by atoms with Gasteiger partial charge in [0, 0.05) is 12.2 Å². The Hall–Kier alpha value is -2.90. The SMILES string of the molecule is O=C(N[C@@H]1CCN(c2ccc(F)cc2)C1=O)c1ccccc1C(F)(F)F. The monoisotopic (exact) mass is 366 g/mol. The third-order valence-corrected chi connectivity index (χ3v) is 4.13. The molecule has 2 aromatic carbocycles. The Bertz CT molecular complexity index is 834. The Kier molecular flexibility index (Phi) is 4.67.